The average molecular weight is 526 g/mol. The third-order valence-electron chi connectivity index (χ3n) is 4.32. The number of hydrogen-bond donors (Lipinski definition) is 2. The van der Waals surface area contributed by atoms with Crippen molar-refractivity contribution in [1.82, 2.24) is 14.9 Å². The van der Waals surface area contributed by atoms with Crippen molar-refractivity contribution in [3.63, 3.8) is 0 Å². The van der Waals surface area contributed by atoms with Gasteiger partial charge >= 0.3 is 0 Å². The van der Waals surface area contributed by atoms with Crippen LogP contribution < -0.4 is 20.1 Å². The molecule has 28 heavy (non-hydrogen) atoms. The molecule has 0 spiro atoms. The predicted octanol–water partition coefficient (Wildman–Crippen LogP) is 1.45. The van der Waals surface area contributed by atoms with Gasteiger partial charge in [-0.25, -0.2) is 12.7 Å². The van der Waals surface area contributed by atoms with Crippen LogP contribution in [-0.4, -0.2) is 71.4 Å². The van der Waals surface area contributed by atoms with Crippen molar-refractivity contribution < 1.29 is 17.9 Å². The zero-order valence-corrected chi connectivity index (χ0v) is 19.9. The maximum absolute atomic E-state index is 11.8. The summed E-state index contributed by atoms with van der Waals surface area (Å²) in [5.41, 5.74) is 1.12. The zero-order chi connectivity index (χ0) is 19.7. The molecule has 0 aromatic heterocycles. The van der Waals surface area contributed by atoms with Gasteiger partial charge in [0.25, 0.3) is 0 Å². The smallest absolute Gasteiger partial charge is 0.214 e. The van der Waals surface area contributed by atoms with Crippen molar-refractivity contribution >= 4 is 40.0 Å². The average Bonchev–Trinajstić information content (AvgIpc) is 2.99. The minimum Gasteiger partial charge on any atom is -0.493 e. The summed E-state index contributed by atoms with van der Waals surface area (Å²) in [6, 6.07) is 5.86. The Balaban J connectivity index is 0.00000392. The van der Waals surface area contributed by atoms with Crippen LogP contribution in [0.2, 0.25) is 0 Å². The maximum Gasteiger partial charge on any atom is 0.214 e. The minimum atomic E-state index is -3.06. The van der Waals surface area contributed by atoms with E-state index in [4.69, 9.17) is 9.47 Å². The SMILES string of the molecule is CCNC(=NCCN1CCCS1(=O)=O)NCCc1ccc(OC)c(OC)c1.I. The van der Waals surface area contributed by atoms with Gasteiger partial charge in [-0.2, -0.15) is 0 Å². The Bertz CT molecular complexity index is 743. The van der Waals surface area contributed by atoms with Crippen molar-refractivity contribution in [1.29, 1.82) is 0 Å². The lowest BCUT2D eigenvalue weighted by atomic mass is 10.1. The van der Waals surface area contributed by atoms with Crippen LogP contribution in [-0.2, 0) is 16.4 Å². The summed E-state index contributed by atoms with van der Waals surface area (Å²) in [5.74, 6) is 2.36. The van der Waals surface area contributed by atoms with E-state index in [0.717, 1.165) is 18.5 Å². The standard InChI is InChI=1S/C18H30N4O4S.HI/c1-4-19-18(21-10-12-22-11-5-13-27(22,23)24)20-9-8-15-6-7-16(25-2)17(14-15)26-3;/h6-7,14H,4-5,8-13H2,1-3H3,(H2,19,20,21);1H. The Morgan fingerprint density at radius 3 is 2.57 bits per heavy atom. The van der Waals surface area contributed by atoms with E-state index in [1.54, 1.807) is 14.2 Å². The molecule has 2 N–H and O–H groups in total. The molecule has 1 aliphatic heterocycles. The summed E-state index contributed by atoms with van der Waals surface area (Å²) >= 11 is 0. The highest BCUT2D eigenvalue weighted by atomic mass is 127. The summed E-state index contributed by atoms with van der Waals surface area (Å²) in [6.45, 7) is 4.89. The van der Waals surface area contributed by atoms with Crippen molar-refractivity contribution in [2.75, 3.05) is 52.7 Å². The van der Waals surface area contributed by atoms with E-state index in [0.29, 0.717) is 50.1 Å². The number of guanidine groups is 1. The predicted molar refractivity (Wildman–Crippen MR) is 123 cm³/mol. The largest absolute Gasteiger partial charge is 0.493 e. The normalized spacial score (nSPS) is 16.3. The lowest BCUT2D eigenvalue weighted by Gasteiger charge is -2.15. The molecule has 1 fully saturated rings. The highest BCUT2D eigenvalue weighted by Gasteiger charge is 2.27. The minimum absolute atomic E-state index is 0. The van der Waals surface area contributed by atoms with Gasteiger partial charge < -0.3 is 20.1 Å². The summed E-state index contributed by atoms with van der Waals surface area (Å²) in [7, 11) is 0.177. The molecule has 0 bridgehead atoms. The molecular formula is C18H31IN4O4S. The molecule has 0 aliphatic carbocycles. The number of benzene rings is 1. The van der Waals surface area contributed by atoms with Gasteiger partial charge in [0.1, 0.15) is 0 Å². The lowest BCUT2D eigenvalue weighted by Crippen LogP contribution is -2.39. The topological polar surface area (TPSA) is 92.3 Å². The van der Waals surface area contributed by atoms with Gasteiger partial charge in [-0.3, -0.25) is 4.99 Å². The van der Waals surface area contributed by atoms with Crippen LogP contribution in [0.5, 0.6) is 11.5 Å². The van der Waals surface area contributed by atoms with Crippen LogP contribution in [0, 0.1) is 0 Å². The van der Waals surface area contributed by atoms with Gasteiger partial charge in [-0.1, -0.05) is 6.07 Å². The van der Waals surface area contributed by atoms with E-state index in [9.17, 15) is 8.42 Å². The van der Waals surface area contributed by atoms with Gasteiger partial charge in [-0.15, -0.1) is 24.0 Å². The van der Waals surface area contributed by atoms with Gasteiger partial charge in [0.05, 0.1) is 26.5 Å². The van der Waals surface area contributed by atoms with Crippen LogP contribution in [0.25, 0.3) is 0 Å². The molecule has 0 unspecified atom stereocenters. The Labute approximate surface area is 185 Å². The molecule has 0 saturated carbocycles. The molecule has 2 rings (SSSR count). The molecule has 0 atom stereocenters. The van der Waals surface area contributed by atoms with Crippen molar-refractivity contribution in [2.45, 2.75) is 19.8 Å². The number of methoxy groups -OCH3 is 2. The Morgan fingerprint density at radius 1 is 1.21 bits per heavy atom. The molecule has 1 aromatic carbocycles. The van der Waals surface area contributed by atoms with Crippen molar-refractivity contribution in [3.05, 3.63) is 23.8 Å². The first-order chi connectivity index (χ1) is 13.0. The van der Waals surface area contributed by atoms with Crippen LogP contribution in [0.3, 0.4) is 0 Å². The molecule has 160 valence electrons. The Kier molecular flexibility index (Phi) is 10.9. The number of nitrogens with zero attached hydrogens (tertiary/aromatic N) is 2. The van der Waals surface area contributed by atoms with E-state index < -0.39 is 10.0 Å². The third-order valence-corrected chi connectivity index (χ3v) is 6.28. The first-order valence-corrected chi connectivity index (χ1v) is 10.8. The maximum atomic E-state index is 11.8. The number of rotatable bonds is 9. The molecule has 1 aliphatic rings. The molecule has 1 heterocycles. The zero-order valence-electron chi connectivity index (χ0n) is 16.7. The monoisotopic (exact) mass is 526 g/mol. The van der Waals surface area contributed by atoms with Gasteiger partial charge in [-0.05, 0) is 37.5 Å². The molecule has 1 saturated heterocycles. The highest BCUT2D eigenvalue weighted by Crippen LogP contribution is 2.27. The van der Waals surface area contributed by atoms with Crippen LogP contribution in [0.15, 0.2) is 23.2 Å². The summed E-state index contributed by atoms with van der Waals surface area (Å²) in [6.07, 6.45) is 1.50. The fourth-order valence-electron chi connectivity index (χ4n) is 2.92. The first kappa shape index (κ1) is 24.8. The second kappa shape index (κ2) is 12.3. The second-order valence-electron chi connectivity index (χ2n) is 6.20. The number of ether oxygens (including phenoxy) is 2. The Morgan fingerprint density at radius 2 is 1.96 bits per heavy atom. The molecule has 1 aromatic rings. The van der Waals surface area contributed by atoms with E-state index >= 15 is 0 Å². The van der Waals surface area contributed by atoms with Crippen molar-refractivity contribution in [2.24, 2.45) is 4.99 Å². The number of aliphatic imine (C=N–C) groups is 1. The van der Waals surface area contributed by atoms with Gasteiger partial charge in [0.15, 0.2) is 17.5 Å². The van der Waals surface area contributed by atoms with E-state index in [-0.39, 0.29) is 29.7 Å². The Hall–Kier alpha value is -1.27. The summed E-state index contributed by atoms with van der Waals surface area (Å²) < 4.78 is 35.7. The molecule has 0 radical (unpaired) electrons. The van der Waals surface area contributed by atoms with E-state index in [1.807, 2.05) is 25.1 Å². The molecule has 0 amide bonds. The number of nitrogens with one attached hydrogen (secondary N) is 2. The molecule has 8 nitrogen and oxygen atoms in total. The van der Waals surface area contributed by atoms with Crippen molar-refractivity contribution in [3.8, 4) is 11.5 Å². The van der Waals surface area contributed by atoms with E-state index in [1.165, 1.54) is 4.31 Å². The van der Waals surface area contributed by atoms with Crippen LogP contribution >= 0.6 is 24.0 Å². The fourth-order valence-corrected chi connectivity index (χ4v) is 4.44. The number of hydrogen-bond acceptors (Lipinski definition) is 5. The van der Waals surface area contributed by atoms with Gasteiger partial charge in [0.2, 0.25) is 10.0 Å². The number of halogens is 1. The fraction of sp³-hybridized carbons (Fsp3) is 0.611. The highest BCUT2D eigenvalue weighted by molar-refractivity contribution is 14.0. The van der Waals surface area contributed by atoms with Crippen LogP contribution in [0.1, 0.15) is 18.9 Å². The lowest BCUT2D eigenvalue weighted by molar-refractivity contribution is 0.354. The van der Waals surface area contributed by atoms with Crippen LogP contribution in [0.4, 0.5) is 0 Å². The summed E-state index contributed by atoms with van der Waals surface area (Å²) in [4.78, 5) is 4.48. The van der Waals surface area contributed by atoms with Gasteiger partial charge in [0, 0.05) is 26.2 Å². The second-order valence-corrected chi connectivity index (χ2v) is 8.28. The first-order valence-electron chi connectivity index (χ1n) is 9.21. The summed E-state index contributed by atoms with van der Waals surface area (Å²) in [5, 5.41) is 6.46. The molecular weight excluding hydrogens is 495 g/mol. The quantitative estimate of drug-likeness (QED) is 0.288. The third kappa shape index (κ3) is 7.28. The number of sulfonamides is 1. The molecule has 10 heteroatoms. The van der Waals surface area contributed by atoms with E-state index in [2.05, 4.69) is 15.6 Å².